The zero-order valence-corrected chi connectivity index (χ0v) is 13.7. The monoisotopic (exact) mass is 331 g/mol. The molecular weight excluding hydrogens is 314 g/mol. The van der Waals surface area contributed by atoms with Gasteiger partial charge in [0.25, 0.3) is 0 Å². The molecule has 0 aromatic carbocycles. The molecule has 3 rings (SSSR count). The summed E-state index contributed by atoms with van der Waals surface area (Å²) < 4.78 is 0. The summed E-state index contributed by atoms with van der Waals surface area (Å²) in [4.78, 5) is 21.0. The number of nitrogens with zero attached hydrogens (tertiary/aromatic N) is 2. The van der Waals surface area contributed by atoms with Gasteiger partial charge in [-0.1, -0.05) is 12.1 Å². The molecule has 0 spiro atoms. The maximum absolute atomic E-state index is 12.1. The van der Waals surface area contributed by atoms with Gasteiger partial charge in [-0.15, -0.1) is 11.8 Å². The van der Waals surface area contributed by atoms with Crippen LogP contribution in [0.5, 0.6) is 0 Å². The lowest BCUT2D eigenvalue weighted by molar-refractivity contribution is -0.120. The fraction of sp³-hybridized carbons (Fsp3) is 0.312. The molecule has 114 valence electrons. The molecule has 1 atom stereocenters. The summed E-state index contributed by atoms with van der Waals surface area (Å²) in [6, 6.07) is 11.6. The third-order valence-electron chi connectivity index (χ3n) is 3.29. The number of pyridine rings is 2. The minimum Gasteiger partial charge on any atom is -0.349 e. The molecule has 1 amide bonds. The Balaban J connectivity index is 1.62. The Morgan fingerprint density at radius 1 is 1.18 bits per heavy atom. The Bertz CT molecular complexity index is 630. The number of hydrogen-bond donors (Lipinski definition) is 1. The van der Waals surface area contributed by atoms with E-state index in [0.717, 1.165) is 34.3 Å². The average molecular weight is 331 g/mol. The molecule has 3 heterocycles. The maximum atomic E-state index is 12.1. The number of aromatic nitrogens is 2. The van der Waals surface area contributed by atoms with Crippen LogP contribution in [0.2, 0.25) is 0 Å². The number of carbonyl (C=O) groups excluding carboxylic acids is 1. The van der Waals surface area contributed by atoms with E-state index in [9.17, 15) is 4.79 Å². The normalized spacial score (nSPS) is 17.9. The molecule has 2 aromatic rings. The van der Waals surface area contributed by atoms with Crippen LogP contribution < -0.4 is 5.32 Å². The van der Waals surface area contributed by atoms with E-state index < -0.39 is 0 Å². The molecule has 0 aliphatic carbocycles. The number of nitrogens with one attached hydrogen (secondary N) is 1. The van der Waals surface area contributed by atoms with Crippen molar-refractivity contribution in [2.24, 2.45) is 0 Å². The van der Waals surface area contributed by atoms with Crippen LogP contribution in [-0.2, 0) is 11.3 Å². The van der Waals surface area contributed by atoms with Crippen LogP contribution >= 0.6 is 23.5 Å². The van der Waals surface area contributed by atoms with Gasteiger partial charge in [0.2, 0.25) is 5.91 Å². The van der Waals surface area contributed by atoms with Gasteiger partial charge in [0.1, 0.15) is 0 Å². The molecule has 0 bridgehead atoms. The van der Waals surface area contributed by atoms with Crippen molar-refractivity contribution in [1.29, 1.82) is 0 Å². The Morgan fingerprint density at radius 3 is 2.86 bits per heavy atom. The van der Waals surface area contributed by atoms with Crippen LogP contribution in [0.25, 0.3) is 11.4 Å². The minimum absolute atomic E-state index is 0.0673. The van der Waals surface area contributed by atoms with Crippen molar-refractivity contribution in [3.8, 4) is 11.4 Å². The molecule has 6 heteroatoms. The van der Waals surface area contributed by atoms with Gasteiger partial charge in [-0.05, 0) is 24.3 Å². The van der Waals surface area contributed by atoms with Crippen LogP contribution in [0.3, 0.4) is 0 Å². The molecule has 1 saturated heterocycles. The first-order valence-corrected chi connectivity index (χ1v) is 9.38. The van der Waals surface area contributed by atoms with Gasteiger partial charge >= 0.3 is 0 Å². The first kappa shape index (κ1) is 15.4. The first-order valence-electron chi connectivity index (χ1n) is 7.17. The minimum atomic E-state index is 0.0673. The van der Waals surface area contributed by atoms with E-state index in [1.807, 2.05) is 48.2 Å². The lowest BCUT2D eigenvalue weighted by Gasteiger charge is -2.20. The highest BCUT2D eigenvalue weighted by molar-refractivity contribution is 8.07. The Labute approximate surface area is 138 Å². The van der Waals surface area contributed by atoms with E-state index in [1.165, 1.54) is 0 Å². The molecule has 1 aliphatic heterocycles. The first-order chi connectivity index (χ1) is 10.8. The number of carbonyl (C=O) groups is 1. The van der Waals surface area contributed by atoms with E-state index in [2.05, 4.69) is 15.3 Å². The molecule has 0 saturated carbocycles. The average Bonchev–Trinajstić information content (AvgIpc) is 2.61. The zero-order chi connectivity index (χ0) is 15.2. The van der Waals surface area contributed by atoms with Crippen LogP contribution in [0.15, 0.2) is 42.6 Å². The Morgan fingerprint density at radius 2 is 2.09 bits per heavy atom. The largest absolute Gasteiger partial charge is 0.349 e. The molecule has 0 radical (unpaired) electrons. The summed E-state index contributed by atoms with van der Waals surface area (Å²) in [6.45, 7) is 0.460. The molecule has 2 aromatic heterocycles. The Kier molecular flexibility index (Phi) is 5.34. The summed E-state index contributed by atoms with van der Waals surface area (Å²) in [5.41, 5.74) is 2.52. The number of rotatable bonds is 4. The standard InChI is InChI=1S/C16H17N3OS2/c20-16(15-11-21-8-9-22-15)18-10-12-4-3-6-14(19-12)13-5-1-2-7-17-13/h1-7,15H,8-11H2,(H,18,20). The highest BCUT2D eigenvalue weighted by atomic mass is 32.2. The van der Waals surface area contributed by atoms with E-state index in [1.54, 1.807) is 18.0 Å². The third kappa shape index (κ3) is 4.01. The highest BCUT2D eigenvalue weighted by Gasteiger charge is 2.21. The summed E-state index contributed by atoms with van der Waals surface area (Å²) in [7, 11) is 0. The van der Waals surface area contributed by atoms with E-state index in [-0.39, 0.29) is 11.2 Å². The van der Waals surface area contributed by atoms with Crippen molar-refractivity contribution < 1.29 is 4.79 Å². The van der Waals surface area contributed by atoms with E-state index in [0.29, 0.717) is 6.54 Å². The van der Waals surface area contributed by atoms with E-state index >= 15 is 0 Å². The fourth-order valence-electron chi connectivity index (χ4n) is 2.17. The topological polar surface area (TPSA) is 54.9 Å². The second-order valence-corrected chi connectivity index (χ2v) is 7.34. The molecule has 1 aliphatic rings. The lowest BCUT2D eigenvalue weighted by atomic mass is 10.2. The van der Waals surface area contributed by atoms with Crippen molar-refractivity contribution in [2.75, 3.05) is 17.3 Å². The molecule has 1 fully saturated rings. The van der Waals surface area contributed by atoms with Gasteiger partial charge in [-0.2, -0.15) is 11.8 Å². The Hall–Kier alpha value is -1.53. The smallest absolute Gasteiger partial charge is 0.234 e. The van der Waals surface area contributed by atoms with Gasteiger partial charge in [0, 0.05) is 23.5 Å². The van der Waals surface area contributed by atoms with Gasteiger partial charge in [0.15, 0.2) is 0 Å². The summed E-state index contributed by atoms with van der Waals surface area (Å²) in [5.74, 6) is 3.21. The second kappa shape index (κ2) is 7.65. The van der Waals surface area contributed by atoms with Gasteiger partial charge in [-0.25, -0.2) is 4.98 Å². The fourth-order valence-corrected chi connectivity index (χ4v) is 4.75. The van der Waals surface area contributed by atoms with Crippen LogP contribution in [0.4, 0.5) is 0 Å². The molecule has 4 nitrogen and oxygen atoms in total. The summed E-state index contributed by atoms with van der Waals surface area (Å²) in [6.07, 6.45) is 1.75. The van der Waals surface area contributed by atoms with Crippen molar-refractivity contribution >= 4 is 29.4 Å². The second-order valence-electron chi connectivity index (χ2n) is 4.88. The van der Waals surface area contributed by atoms with Gasteiger partial charge < -0.3 is 5.32 Å². The zero-order valence-electron chi connectivity index (χ0n) is 12.1. The number of hydrogen-bond acceptors (Lipinski definition) is 5. The molecular formula is C16H17N3OS2. The molecule has 1 N–H and O–H groups in total. The SMILES string of the molecule is O=C(NCc1cccc(-c2ccccn2)n1)C1CSCCS1. The number of thioether (sulfide) groups is 2. The summed E-state index contributed by atoms with van der Waals surface area (Å²) >= 11 is 3.59. The summed E-state index contributed by atoms with van der Waals surface area (Å²) in [5, 5.41) is 3.06. The lowest BCUT2D eigenvalue weighted by Crippen LogP contribution is -2.35. The van der Waals surface area contributed by atoms with Crippen molar-refractivity contribution in [1.82, 2.24) is 15.3 Å². The van der Waals surface area contributed by atoms with Gasteiger partial charge in [-0.3, -0.25) is 9.78 Å². The molecule has 22 heavy (non-hydrogen) atoms. The van der Waals surface area contributed by atoms with Crippen LogP contribution in [-0.4, -0.2) is 38.4 Å². The van der Waals surface area contributed by atoms with Crippen molar-refractivity contribution in [3.05, 3.63) is 48.3 Å². The van der Waals surface area contributed by atoms with Crippen LogP contribution in [0.1, 0.15) is 5.69 Å². The van der Waals surface area contributed by atoms with E-state index in [4.69, 9.17) is 0 Å². The molecule has 1 unspecified atom stereocenters. The predicted molar refractivity (Wildman–Crippen MR) is 92.9 cm³/mol. The number of amides is 1. The van der Waals surface area contributed by atoms with Crippen LogP contribution in [0, 0.1) is 0 Å². The quantitative estimate of drug-likeness (QED) is 0.933. The predicted octanol–water partition coefficient (Wildman–Crippen LogP) is 2.61. The van der Waals surface area contributed by atoms with Crippen molar-refractivity contribution in [3.63, 3.8) is 0 Å². The van der Waals surface area contributed by atoms with Gasteiger partial charge in [0.05, 0.1) is 28.9 Å². The highest BCUT2D eigenvalue weighted by Crippen LogP contribution is 2.24. The third-order valence-corrected chi connectivity index (χ3v) is 6.04. The maximum Gasteiger partial charge on any atom is 0.234 e. The van der Waals surface area contributed by atoms with Crippen molar-refractivity contribution in [2.45, 2.75) is 11.8 Å².